The van der Waals surface area contributed by atoms with Crippen LogP contribution >= 0.6 is 0 Å². The molecule has 0 aromatic rings. The molecule has 0 aliphatic heterocycles. The smallest absolute Gasteiger partial charge is 0.133 e. The predicted octanol–water partition coefficient (Wildman–Crippen LogP) is 2.48. The highest BCUT2D eigenvalue weighted by molar-refractivity contribution is 4.99. The summed E-state index contributed by atoms with van der Waals surface area (Å²) >= 11 is 0. The van der Waals surface area contributed by atoms with Crippen molar-refractivity contribution in [2.75, 3.05) is 0 Å². The fourth-order valence-corrected chi connectivity index (χ4v) is 1.09. The van der Waals surface area contributed by atoms with Crippen molar-refractivity contribution in [1.29, 1.82) is 10.5 Å². The van der Waals surface area contributed by atoms with Crippen molar-refractivity contribution in [1.82, 2.24) is 0 Å². The first-order chi connectivity index (χ1) is 5.28. The monoisotopic (exact) mass is 150 g/mol. The third-order valence-corrected chi connectivity index (χ3v) is 2.04. The number of nitriles is 2. The Morgan fingerprint density at radius 2 is 1.55 bits per heavy atom. The van der Waals surface area contributed by atoms with Gasteiger partial charge in [-0.25, -0.2) is 0 Å². The van der Waals surface area contributed by atoms with Crippen LogP contribution in [-0.4, -0.2) is 0 Å². The van der Waals surface area contributed by atoms with Crippen LogP contribution in [0.1, 0.15) is 33.1 Å². The van der Waals surface area contributed by atoms with Crippen LogP contribution in [0.3, 0.4) is 0 Å². The fraction of sp³-hybridized carbons (Fsp3) is 0.778. The lowest BCUT2D eigenvalue weighted by atomic mass is 9.92. The third-order valence-electron chi connectivity index (χ3n) is 2.04. The van der Waals surface area contributed by atoms with Gasteiger partial charge in [0.1, 0.15) is 5.92 Å². The molecule has 2 nitrogen and oxygen atoms in total. The van der Waals surface area contributed by atoms with Gasteiger partial charge in [-0.15, -0.1) is 0 Å². The van der Waals surface area contributed by atoms with E-state index >= 15 is 0 Å². The predicted molar refractivity (Wildman–Crippen MR) is 43.4 cm³/mol. The molecule has 0 amide bonds. The summed E-state index contributed by atoms with van der Waals surface area (Å²) in [5, 5.41) is 17.0. The van der Waals surface area contributed by atoms with Gasteiger partial charge in [-0.05, 0) is 12.3 Å². The summed E-state index contributed by atoms with van der Waals surface area (Å²) in [4.78, 5) is 0. The van der Waals surface area contributed by atoms with Crippen LogP contribution in [0.5, 0.6) is 0 Å². The van der Waals surface area contributed by atoms with Crippen molar-refractivity contribution >= 4 is 0 Å². The minimum Gasteiger partial charge on any atom is -0.197 e. The van der Waals surface area contributed by atoms with E-state index in [0.717, 1.165) is 19.3 Å². The lowest BCUT2D eigenvalue weighted by molar-refractivity contribution is 0.432. The molecular weight excluding hydrogens is 136 g/mol. The Balaban J connectivity index is 3.82. The number of nitrogens with zero attached hydrogens (tertiary/aromatic N) is 2. The zero-order valence-electron chi connectivity index (χ0n) is 7.17. The van der Waals surface area contributed by atoms with Crippen LogP contribution in [0.25, 0.3) is 0 Å². The first-order valence-corrected chi connectivity index (χ1v) is 4.07. The average Bonchev–Trinajstić information content (AvgIpc) is 2.07. The first-order valence-electron chi connectivity index (χ1n) is 4.07. The maximum absolute atomic E-state index is 8.49. The summed E-state index contributed by atoms with van der Waals surface area (Å²) in [6.07, 6.45) is 2.87. The standard InChI is InChI=1S/C9H14N2/c1-3-8(4-2)5-9(6-10)7-11/h8-9H,3-5H2,1-2H3. The molecule has 0 radical (unpaired) electrons. The van der Waals surface area contributed by atoms with Gasteiger partial charge in [0.25, 0.3) is 0 Å². The molecule has 0 atom stereocenters. The molecular formula is C9H14N2. The molecule has 0 bridgehead atoms. The fourth-order valence-electron chi connectivity index (χ4n) is 1.09. The molecule has 0 N–H and O–H groups in total. The van der Waals surface area contributed by atoms with E-state index in [0.29, 0.717) is 5.92 Å². The summed E-state index contributed by atoms with van der Waals surface area (Å²) in [6, 6.07) is 3.98. The number of hydrogen-bond donors (Lipinski definition) is 0. The molecule has 0 rings (SSSR count). The molecule has 0 aliphatic carbocycles. The molecule has 60 valence electrons. The molecule has 0 heterocycles. The summed E-state index contributed by atoms with van der Waals surface area (Å²) in [5.74, 6) is 0.138. The van der Waals surface area contributed by atoms with E-state index in [1.54, 1.807) is 0 Å². The zero-order chi connectivity index (χ0) is 8.69. The zero-order valence-corrected chi connectivity index (χ0v) is 7.17. The van der Waals surface area contributed by atoms with E-state index in [1.807, 2.05) is 12.1 Å². The van der Waals surface area contributed by atoms with Gasteiger partial charge in [-0.2, -0.15) is 10.5 Å². The van der Waals surface area contributed by atoms with Crippen molar-refractivity contribution in [3.63, 3.8) is 0 Å². The second-order valence-electron chi connectivity index (χ2n) is 2.73. The molecule has 11 heavy (non-hydrogen) atoms. The first kappa shape index (κ1) is 9.98. The SMILES string of the molecule is CCC(CC)CC(C#N)C#N. The third kappa shape index (κ3) is 3.63. The van der Waals surface area contributed by atoms with E-state index in [4.69, 9.17) is 10.5 Å². The lowest BCUT2D eigenvalue weighted by Gasteiger charge is -2.10. The molecule has 0 spiro atoms. The van der Waals surface area contributed by atoms with Crippen LogP contribution in [0.4, 0.5) is 0 Å². The van der Waals surface area contributed by atoms with E-state index in [2.05, 4.69) is 13.8 Å². The van der Waals surface area contributed by atoms with E-state index in [9.17, 15) is 0 Å². The molecule has 0 aliphatic rings. The van der Waals surface area contributed by atoms with Crippen molar-refractivity contribution in [2.24, 2.45) is 11.8 Å². The average molecular weight is 150 g/mol. The summed E-state index contributed by atoms with van der Waals surface area (Å²) in [5.41, 5.74) is 0. The second-order valence-corrected chi connectivity index (χ2v) is 2.73. The minimum absolute atomic E-state index is 0.403. The van der Waals surface area contributed by atoms with E-state index < -0.39 is 5.92 Å². The van der Waals surface area contributed by atoms with Crippen molar-refractivity contribution in [3.05, 3.63) is 0 Å². The highest BCUT2D eigenvalue weighted by atomic mass is 14.3. The Hall–Kier alpha value is -1.02. The lowest BCUT2D eigenvalue weighted by Crippen LogP contribution is -2.03. The molecule has 0 saturated heterocycles. The van der Waals surface area contributed by atoms with Crippen molar-refractivity contribution in [2.45, 2.75) is 33.1 Å². The van der Waals surface area contributed by atoms with Crippen LogP contribution in [-0.2, 0) is 0 Å². The Bertz CT molecular complexity index is 155. The number of hydrogen-bond acceptors (Lipinski definition) is 2. The highest BCUT2D eigenvalue weighted by Crippen LogP contribution is 2.17. The Labute approximate surface area is 68.4 Å². The maximum atomic E-state index is 8.49. The minimum atomic E-state index is -0.403. The normalized spacial score (nSPS) is 9.64. The molecule has 0 saturated carbocycles. The van der Waals surface area contributed by atoms with Gasteiger partial charge < -0.3 is 0 Å². The maximum Gasteiger partial charge on any atom is 0.133 e. The molecule has 0 aromatic heterocycles. The topological polar surface area (TPSA) is 47.6 Å². The van der Waals surface area contributed by atoms with Crippen molar-refractivity contribution in [3.8, 4) is 12.1 Å². The summed E-state index contributed by atoms with van der Waals surface area (Å²) in [6.45, 7) is 4.19. The Kier molecular flexibility index (Phi) is 5.21. The molecule has 2 heteroatoms. The number of rotatable bonds is 4. The Morgan fingerprint density at radius 3 is 1.82 bits per heavy atom. The van der Waals surface area contributed by atoms with Gasteiger partial charge in [-0.1, -0.05) is 26.7 Å². The van der Waals surface area contributed by atoms with Crippen molar-refractivity contribution < 1.29 is 0 Å². The van der Waals surface area contributed by atoms with Gasteiger partial charge in [0.2, 0.25) is 0 Å². The molecule has 0 unspecified atom stereocenters. The largest absolute Gasteiger partial charge is 0.197 e. The van der Waals surface area contributed by atoms with Crippen LogP contribution < -0.4 is 0 Å². The Morgan fingerprint density at radius 1 is 1.09 bits per heavy atom. The van der Waals surface area contributed by atoms with Gasteiger partial charge >= 0.3 is 0 Å². The van der Waals surface area contributed by atoms with Crippen LogP contribution in [0, 0.1) is 34.5 Å². The van der Waals surface area contributed by atoms with E-state index in [1.165, 1.54) is 0 Å². The van der Waals surface area contributed by atoms with Gasteiger partial charge in [0.15, 0.2) is 0 Å². The summed E-state index contributed by atoms with van der Waals surface area (Å²) in [7, 11) is 0. The quantitative estimate of drug-likeness (QED) is 0.618. The highest BCUT2D eigenvalue weighted by Gasteiger charge is 2.11. The second kappa shape index (κ2) is 5.74. The van der Waals surface area contributed by atoms with Gasteiger partial charge in [-0.3, -0.25) is 0 Å². The van der Waals surface area contributed by atoms with Gasteiger partial charge in [0, 0.05) is 0 Å². The van der Waals surface area contributed by atoms with E-state index in [-0.39, 0.29) is 0 Å². The summed E-state index contributed by atoms with van der Waals surface area (Å²) < 4.78 is 0. The van der Waals surface area contributed by atoms with Crippen LogP contribution in [0.2, 0.25) is 0 Å². The molecule has 0 aromatic carbocycles. The van der Waals surface area contributed by atoms with Crippen LogP contribution in [0.15, 0.2) is 0 Å². The molecule has 0 fully saturated rings. The van der Waals surface area contributed by atoms with Gasteiger partial charge in [0.05, 0.1) is 12.1 Å².